The van der Waals surface area contributed by atoms with E-state index in [2.05, 4.69) is 23.6 Å². The largest absolute Gasteiger partial charge is 0.353 e. The van der Waals surface area contributed by atoms with E-state index in [1.54, 1.807) is 0 Å². The molecule has 4 nitrogen and oxygen atoms in total. The minimum absolute atomic E-state index is 0.0498. The third-order valence-corrected chi connectivity index (χ3v) is 5.98. The first-order valence-corrected chi connectivity index (χ1v) is 9.72. The number of rotatable bonds is 9. The average molecular weight is 289 g/mol. The van der Waals surface area contributed by atoms with E-state index in [-0.39, 0.29) is 15.8 Å². The Kier molecular flexibility index (Phi) is 8.90. The molecule has 1 fully saturated rings. The van der Waals surface area contributed by atoms with Gasteiger partial charge >= 0.3 is 0 Å². The van der Waals surface area contributed by atoms with E-state index in [1.807, 2.05) is 13.8 Å². The summed E-state index contributed by atoms with van der Waals surface area (Å²) < 4.78 is 11.3. The van der Waals surface area contributed by atoms with E-state index in [1.165, 1.54) is 26.2 Å². The van der Waals surface area contributed by atoms with Crippen molar-refractivity contribution in [3.05, 3.63) is 0 Å². The quantitative estimate of drug-likeness (QED) is 0.473. The number of ether oxygens (including phenoxy) is 2. The highest BCUT2D eigenvalue weighted by Gasteiger charge is 2.24. The zero-order valence-corrected chi connectivity index (χ0v) is 14.6. The Morgan fingerprint density at radius 3 is 1.95 bits per heavy atom. The van der Waals surface area contributed by atoms with Crippen LogP contribution in [0.25, 0.3) is 0 Å². The molecule has 19 heavy (non-hydrogen) atoms. The van der Waals surface area contributed by atoms with E-state index >= 15 is 0 Å². The molecule has 114 valence electrons. The van der Waals surface area contributed by atoms with Gasteiger partial charge in [0.25, 0.3) is 0 Å². The first-order chi connectivity index (χ1) is 9.23. The lowest BCUT2D eigenvalue weighted by Gasteiger charge is -2.39. The Morgan fingerprint density at radius 2 is 1.53 bits per heavy atom. The molecule has 0 amide bonds. The zero-order valence-electron chi connectivity index (χ0n) is 13.2. The molecule has 0 aromatic heterocycles. The maximum atomic E-state index is 5.67. The normalized spacial score (nSPS) is 20.1. The van der Waals surface area contributed by atoms with E-state index < -0.39 is 0 Å². The van der Waals surface area contributed by atoms with Crippen molar-refractivity contribution >= 4 is 9.52 Å². The first kappa shape index (κ1) is 17.1. The lowest BCUT2D eigenvalue weighted by Crippen LogP contribution is -2.48. The van der Waals surface area contributed by atoms with Gasteiger partial charge in [0, 0.05) is 35.8 Å². The molecule has 0 bridgehead atoms. The van der Waals surface area contributed by atoms with Crippen molar-refractivity contribution in [2.24, 2.45) is 0 Å². The number of hydrogen-bond acceptors (Lipinski definition) is 4. The summed E-state index contributed by atoms with van der Waals surface area (Å²) in [6, 6.07) is 1.15. The van der Waals surface area contributed by atoms with Gasteiger partial charge in [-0.25, -0.2) is 0 Å². The van der Waals surface area contributed by atoms with Crippen molar-refractivity contribution in [3.63, 3.8) is 0 Å². The molecule has 1 aliphatic rings. The van der Waals surface area contributed by atoms with Crippen molar-refractivity contribution in [2.45, 2.75) is 45.6 Å². The fourth-order valence-electron chi connectivity index (χ4n) is 2.79. The predicted octanol–water partition coefficient (Wildman–Crippen LogP) is 1.38. The maximum Gasteiger partial charge on any atom is 0.154 e. The van der Waals surface area contributed by atoms with Gasteiger partial charge in [0.1, 0.15) is 0 Å². The van der Waals surface area contributed by atoms with Crippen LogP contribution in [0.1, 0.15) is 27.7 Å². The highest BCUT2D eigenvalue weighted by molar-refractivity contribution is 6.38. The summed E-state index contributed by atoms with van der Waals surface area (Å²) in [5, 5.41) is 0. The second kappa shape index (κ2) is 9.88. The van der Waals surface area contributed by atoms with Gasteiger partial charge in [-0.1, -0.05) is 13.8 Å². The second-order valence-corrected chi connectivity index (χ2v) is 7.57. The lowest BCUT2D eigenvalue weighted by molar-refractivity contribution is -0.123. The minimum Gasteiger partial charge on any atom is -0.353 e. The van der Waals surface area contributed by atoms with Gasteiger partial charge in [0.05, 0.1) is 6.67 Å². The Bertz CT molecular complexity index is 213. The van der Waals surface area contributed by atoms with Crippen molar-refractivity contribution in [1.29, 1.82) is 0 Å². The fraction of sp³-hybridized carbons (Fsp3) is 1.00. The van der Waals surface area contributed by atoms with E-state index in [0.29, 0.717) is 0 Å². The third kappa shape index (κ3) is 6.36. The Morgan fingerprint density at radius 1 is 1.00 bits per heavy atom. The summed E-state index contributed by atoms with van der Waals surface area (Å²) in [5.41, 5.74) is 0.886. The molecule has 1 saturated heterocycles. The lowest BCUT2D eigenvalue weighted by atomic mass is 10.3. The van der Waals surface area contributed by atoms with Crippen LogP contribution < -0.4 is 0 Å². The highest BCUT2D eigenvalue weighted by atomic mass is 28.2. The van der Waals surface area contributed by atoms with Crippen LogP contribution in [-0.2, 0) is 9.47 Å². The van der Waals surface area contributed by atoms with Crippen molar-refractivity contribution < 1.29 is 9.47 Å². The van der Waals surface area contributed by atoms with Crippen molar-refractivity contribution in [2.75, 3.05) is 46.1 Å². The van der Waals surface area contributed by atoms with E-state index in [9.17, 15) is 0 Å². The van der Waals surface area contributed by atoms with Gasteiger partial charge in [0.15, 0.2) is 6.29 Å². The molecule has 0 unspecified atom stereocenters. The topological polar surface area (TPSA) is 24.9 Å². The predicted molar refractivity (Wildman–Crippen MR) is 83.5 cm³/mol. The molecule has 5 heteroatoms. The second-order valence-electron chi connectivity index (χ2n) is 5.26. The molecule has 0 aromatic rings. The molecule has 0 spiro atoms. The number of hydrogen-bond donors (Lipinski definition) is 0. The van der Waals surface area contributed by atoms with E-state index in [0.717, 1.165) is 31.5 Å². The minimum atomic E-state index is -0.138. The Hall–Kier alpha value is 0.0569. The van der Waals surface area contributed by atoms with Gasteiger partial charge in [-0.3, -0.25) is 9.80 Å². The van der Waals surface area contributed by atoms with Crippen LogP contribution in [0.15, 0.2) is 0 Å². The van der Waals surface area contributed by atoms with Gasteiger partial charge < -0.3 is 9.47 Å². The van der Waals surface area contributed by atoms with Crippen LogP contribution in [0.2, 0.25) is 11.6 Å². The molecule has 1 heterocycles. The molecule has 0 atom stereocenters. The molecule has 1 aliphatic heterocycles. The van der Waals surface area contributed by atoms with E-state index in [4.69, 9.17) is 9.47 Å². The van der Waals surface area contributed by atoms with Gasteiger partial charge in [0.2, 0.25) is 0 Å². The average Bonchev–Trinajstić information content (AvgIpc) is 2.44. The summed E-state index contributed by atoms with van der Waals surface area (Å²) in [6.07, 6.45) is 0.0498. The van der Waals surface area contributed by atoms with Crippen molar-refractivity contribution in [1.82, 2.24) is 9.80 Å². The first-order valence-electron chi connectivity index (χ1n) is 7.91. The van der Waals surface area contributed by atoms with Crippen LogP contribution in [0.4, 0.5) is 0 Å². The van der Waals surface area contributed by atoms with Gasteiger partial charge in [-0.15, -0.1) is 0 Å². The van der Waals surface area contributed by atoms with Crippen LogP contribution in [0, 0.1) is 0 Å². The van der Waals surface area contributed by atoms with Crippen LogP contribution >= 0.6 is 0 Å². The summed E-state index contributed by atoms with van der Waals surface area (Å²) in [7, 11) is -0.138. The monoisotopic (exact) mass is 288 g/mol. The fourth-order valence-corrected chi connectivity index (χ4v) is 4.96. The summed E-state index contributed by atoms with van der Waals surface area (Å²) in [5.74, 6) is 0. The van der Waals surface area contributed by atoms with Crippen LogP contribution in [-0.4, -0.2) is 71.7 Å². The SMILES string of the molecule is CCOC(C[SiH2]C1CN(CC)CN(CC)C1)OCC. The standard InChI is InChI=1S/C14H32N2O2Si/c1-5-15-9-13(10-16(6-2)12-15)19-11-14(17-7-3)18-8-4/h13-14H,5-12,19H2,1-4H3. The molecule has 0 radical (unpaired) electrons. The number of nitrogens with zero attached hydrogens (tertiary/aromatic N) is 2. The van der Waals surface area contributed by atoms with Gasteiger partial charge in [-0.2, -0.15) is 0 Å². The molecule has 0 aromatic carbocycles. The summed E-state index contributed by atoms with van der Waals surface area (Å²) >= 11 is 0. The molecule has 0 saturated carbocycles. The third-order valence-electron chi connectivity index (χ3n) is 3.84. The Labute approximate surface area is 121 Å². The Balaban J connectivity index is 2.36. The molecule has 0 aliphatic carbocycles. The smallest absolute Gasteiger partial charge is 0.154 e. The van der Waals surface area contributed by atoms with Crippen LogP contribution in [0.3, 0.4) is 0 Å². The zero-order chi connectivity index (χ0) is 14.1. The summed E-state index contributed by atoms with van der Waals surface area (Å²) in [6.45, 7) is 16.2. The highest BCUT2D eigenvalue weighted by Crippen LogP contribution is 2.18. The summed E-state index contributed by atoms with van der Waals surface area (Å²) in [4.78, 5) is 5.14. The van der Waals surface area contributed by atoms with Crippen molar-refractivity contribution in [3.8, 4) is 0 Å². The molecule has 1 rings (SSSR count). The van der Waals surface area contributed by atoms with Gasteiger partial charge in [-0.05, 0) is 38.5 Å². The molecular weight excluding hydrogens is 256 g/mol. The van der Waals surface area contributed by atoms with Crippen LogP contribution in [0.5, 0.6) is 0 Å². The molecule has 0 N–H and O–H groups in total. The molecular formula is C14H32N2O2Si. The maximum absolute atomic E-state index is 5.67.